The highest BCUT2D eigenvalue weighted by Gasteiger charge is 2.32. The molecule has 2 heterocycles. The summed E-state index contributed by atoms with van der Waals surface area (Å²) in [6, 6.07) is 0.820. The van der Waals surface area contributed by atoms with Gasteiger partial charge in [0.1, 0.15) is 6.10 Å². The zero-order valence-electron chi connectivity index (χ0n) is 15.8. The molecule has 6 nitrogen and oxygen atoms in total. The average Bonchev–Trinajstić information content (AvgIpc) is 3.30. The topological polar surface area (TPSA) is 49.3 Å². The molecule has 0 radical (unpaired) electrons. The summed E-state index contributed by atoms with van der Waals surface area (Å²) in [4.78, 5) is 9.80. The molecular formula is C18H35IN4O2. The Labute approximate surface area is 169 Å². The second-order valence-electron chi connectivity index (χ2n) is 7.00. The third-order valence-electron chi connectivity index (χ3n) is 5.23. The molecule has 3 aliphatic rings. The number of likely N-dealkylation sites (N-methyl/N-ethyl adjacent to an activating group) is 1. The van der Waals surface area contributed by atoms with Gasteiger partial charge in [0.2, 0.25) is 0 Å². The molecule has 2 atom stereocenters. The minimum atomic E-state index is 0. The number of aliphatic imine (C=N–C) groups is 1. The third kappa shape index (κ3) is 6.22. The van der Waals surface area contributed by atoms with Crippen LogP contribution in [0.5, 0.6) is 0 Å². The lowest BCUT2D eigenvalue weighted by atomic mass is 10.1. The minimum absolute atomic E-state index is 0. The van der Waals surface area contributed by atoms with Crippen LogP contribution in [-0.4, -0.2) is 86.5 Å². The molecule has 0 spiro atoms. The minimum Gasteiger partial charge on any atom is -0.375 e. The van der Waals surface area contributed by atoms with Crippen molar-refractivity contribution >= 4 is 29.9 Å². The average molecular weight is 466 g/mol. The summed E-state index contributed by atoms with van der Waals surface area (Å²) in [6.07, 6.45) is 5.46. The van der Waals surface area contributed by atoms with Gasteiger partial charge in [-0.25, -0.2) is 0 Å². The molecule has 3 rings (SSSR count). The first kappa shape index (κ1) is 21.2. The fourth-order valence-electron chi connectivity index (χ4n) is 3.74. The smallest absolute Gasteiger partial charge is 0.194 e. The predicted octanol–water partition coefficient (Wildman–Crippen LogP) is 1.93. The molecule has 146 valence electrons. The number of guanidine groups is 1. The number of nitrogens with zero attached hydrogens (tertiary/aromatic N) is 3. The van der Waals surface area contributed by atoms with Gasteiger partial charge in [-0.05, 0) is 39.2 Å². The largest absolute Gasteiger partial charge is 0.375 e. The maximum atomic E-state index is 5.96. The van der Waals surface area contributed by atoms with Gasteiger partial charge in [0.25, 0.3) is 0 Å². The number of ether oxygens (including phenoxy) is 2. The number of nitrogens with one attached hydrogen (secondary N) is 1. The van der Waals surface area contributed by atoms with Crippen molar-refractivity contribution < 1.29 is 9.47 Å². The third-order valence-corrected chi connectivity index (χ3v) is 5.23. The van der Waals surface area contributed by atoms with Crippen molar-refractivity contribution in [1.82, 2.24) is 15.1 Å². The van der Waals surface area contributed by atoms with Gasteiger partial charge in [0, 0.05) is 38.8 Å². The number of hydrogen-bond acceptors (Lipinski definition) is 4. The molecule has 1 aliphatic carbocycles. The van der Waals surface area contributed by atoms with Crippen LogP contribution in [-0.2, 0) is 9.47 Å². The zero-order chi connectivity index (χ0) is 16.8. The molecule has 0 amide bonds. The van der Waals surface area contributed by atoms with E-state index in [1.165, 1.54) is 12.8 Å². The molecule has 1 N–H and O–H groups in total. The van der Waals surface area contributed by atoms with Gasteiger partial charge in [0.15, 0.2) is 5.96 Å². The van der Waals surface area contributed by atoms with Crippen LogP contribution in [0.4, 0.5) is 0 Å². The molecule has 2 aliphatic heterocycles. The maximum Gasteiger partial charge on any atom is 0.194 e. The fraction of sp³-hybridized carbons (Fsp3) is 0.944. The first-order valence-corrected chi connectivity index (χ1v) is 9.82. The second-order valence-corrected chi connectivity index (χ2v) is 7.00. The highest BCUT2D eigenvalue weighted by molar-refractivity contribution is 14.0. The van der Waals surface area contributed by atoms with Crippen LogP contribution in [0.15, 0.2) is 4.99 Å². The summed E-state index contributed by atoms with van der Waals surface area (Å²) in [5.41, 5.74) is 0. The molecule has 0 aromatic heterocycles. The van der Waals surface area contributed by atoms with E-state index in [4.69, 9.17) is 14.5 Å². The van der Waals surface area contributed by atoms with E-state index < -0.39 is 0 Å². The van der Waals surface area contributed by atoms with E-state index in [2.05, 4.69) is 29.0 Å². The van der Waals surface area contributed by atoms with Crippen LogP contribution in [0.2, 0.25) is 0 Å². The predicted molar refractivity (Wildman–Crippen MR) is 112 cm³/mol. The van der Waals surface area contributed by atoms with E-state index in [0.717, 1.165) is 77.3 Å². The molecular weight excluding hydrogens is 431 g/mol. The SMILES string of the molecule is CCNC(=NCCN(CC)C1CC1)N1CCOC(C2CCCO2)C1.I. The monoisotopic (exact) mass is 466 g/mol. The van der Waals surface area contributed by atoms with Crippen LogP contribution >= 0.6 is 24.0 Å². The Morgan fingerprint density at radius 2 is 1.96 bits per heavy atom. The van der Waals surface area contributed by atoms with Crippen molar-refractivity contribution in [3.05, 3.63) is 0 Å². The number of hydrogen-bond donors (Lipinski definition) is 1. The standard InChI is InChI=1S/C18H34N4O2.HI/c1-3-19-18(20-9-10-21(4-2)15-7-8-15)22-11-13-24-17(14-22)16-6-5-12-23-16;/h15-17H,3-14H2,1-2H3,(H,19,20);1H. The lowest BCUT2D eigenvalue weighted by molar-refractivity contribution is -0.0817. The van der Waals surface area contributed by atoms with Gasteiger partial charge in [-0.2, -0.15) is 0 Å². The van der Waals surface area contributed by atoms with Gasteiger partial charge in [0.05, 0.1) is 19.3 Å². The Morgan fingerprint density at radius 3 is 2.60 bits per heavy atom. The van der Waals surface area contributed by atoms with Gasteiger partial charge in [-0.15, -0.1) is 24.0 Å². The molecule has 0 aromatic carbocycles. The van der Waals surface area contributed by atoms with E-state index in [1.54, 1.807) is 0 Å². The molecule has 0 bridgehead atoms. The Balaban J connectivity index is 0.00000225. The number of morpholine rings is 1. The van der Waals surface area contributed by atoms with Crippen LogP contribution in [0.25, 0.3) is 0 Å². The van der Waals surface area contributed by atoms with Crippen LogP contribution in [0.1, 0.15) is 39.5 Å². The summed E-state index contributed by atoms with van der Waals surface area (Å²) in [5, 5.41) is 3.46. The van der Waals surface area contributed by atoms with E-state index in [9.17, 15) is 0 Å². The van der Waals surface area contributed by atoms with Crippen LogP contribution in [0, 0.1) is 0 Å². The van der Waals surface area contributed by atoms with Gasteiger partial charge < -0.3 is 19.7 Å². The maximum absolute atomic E-state index is 5.96. The van der Waals surface area contributed by atoms with E-state index in [-0.39, 0.29) is 36.2 Å². The molecule has 2 saturated heterocycles. The van der Waals surface area contributed by atoms with Crippen molar-refractivity contribution in [1.29, 1.82) is 0 Å². The summed E-state index contributed by atoms with van der Waals surface area (Å²) >= 11 is 0. The highest BCUT2D eigenvalue weighted by atomic mass is 127. The van der Waals surface area contributed by atoms with E-state index >= 15 is 0 Å². The summed E-state index contributed by atoms with van der Waals surface area (Å²) in [7, 11) is 0. The Kier molecular flexibility index (Phi) is 9.23. The summed E-state index contributed by atoms with van der Waals surface area (Å²) in [6.45, 7) is 11.8. The lowest BCUT2D eigenvalue weighted by Gasteiger charge is -2.37. The molecule has 2 unspecified atom stereocenters. The van der Waals surface area contributed by atoms with Gasteiger partial charge >= 0.3 is 0 Å². The first-order valence-electron chi connectivity index (χ1n) is 9.82. The Hall–Kier alpha value is -0.120. The fourth-order valence-corrected chi connectivity index (χ4v) is 3.74. The van der Waals surface area contributed by atoms with Crippen molar-refractivity contribution in [3.8, 4) is 0 Å². The summed E-state index contributed by atoms with van der Waals surface area (Å²) < 4.78 is 11.8. The zero-order valence-corrected chi connectivity index (χ0v) is 18.1. The molecule has 3 fully saturated rings. The quantitative estimate of drug-likeness (QED) is 0.353. The first-order chi connectivity index (χ1) is 11.8. The van der Waals surface area contributed by atoms with Gasteiger partial charge in [-0.3, -0.25) is 9.89 Å². The van der Waals surface area contributed by atoms with E-state index in [0.29, 0.717) is 0 Å². The number of halogens is 1. The van der Waals surface area contributed by atoms with E-state index in [1.807, 2.05) is 0 Å². The molecule has 25 heavy (non-hydrogen) atoms. The molecule has 7 heteroatoms. The van der Waals surface area contributed by atoms with Gasteiger partial charge in [-0.1, -0.05) is 6.92 Å². The lowest BCUT2D eigenvalue weighted by Crippen LogP contribution is -2.53. The van der Waals surface area contributed by atoms with Crippen molar-refractivity contribution in [2.75, 3.05) is 52.5 Å². The van der Waals surface area contributed by atoms with Crippen molar-refractivity contribution in [2.24, 2.45) is 4.99 Å². The van der Waals surface area contributed by atoms with Crippen molar-refractivity contribution in [3.63, 3.8) is 0 Å². The normalized spacial score (nSPS) is 27.5. The molecule has 0 aromatic rings. The molecule has 1 saturated carbocycles. The number of rotatable bonds is 7. The Morgan fingerprint density at radius 1 is 1.16 bits per heavy atom. The second kappa shape index (κ2) is 10.9. The highest BCUT2D eigenvalue weighted by Crippen LogP contribution is 2.26. The Bertz CT molecular complexity index is 414. The van der Waals surface area contributed by atoms with Crippen molar-refractivity contribution in [2.45, 2.75) is 57.8 Å². The van der Waals surface area contributed by atoms with Crippen LogP contribution in [0.3, 0.4) is 0 Å². The summed E-state index contributed by atoms with van der Waals surface area (Å²) in [5.74, 6) is 1.04. The van der Waals surface area contributed by atoms with Crippen LogP contribution < -0.4 is 5.32 Å².